The van der Waals surface area contributed by atoms with Crippen molar-refractivity contribution in [2.45, 2.75) is 18.9 Å². The van der Waals surface area contributed by atoms with Crippen molar-refractivity contribution in [1.82, 2.24) is 9.88 Å². The Hall–Kier alpha value is -3.17. The quantitative estimate of drug-likeness (QED) is 0.493. The lowest BCUT2D eigenvalue weighted by Gasteiger charge is -2.36. The third-order valence-electron chi connectivity index (χ3n) is 6.33. The van der Waals surface area contributed by atoms with Crippen molar-refractivity contribution >= 4 is 16.7 Å². The first-order chi connectivity index (χ1) is 14.8. The molecule has 0 aliphatic carbocycles. The van der Waals surface area contributed by atoms with Crippen LogP contribution in [0.15, 0.2) is 91.1 Å². The summed E-state index contributed by atoms with van der Waals surface area (Å²) in [6.07, 6.45) is 2.73. The Morgan fingerprint density at radius 3 is 2.20 bits per heavy atom. The van der Waals surface area contributed by atoms with E-state index in [1.165, 1.54) is 27.6 Å². The molecular formula is C27H26N2O. The maximum atomic E-state index is 13.1. The van der Waals surface area contributed by atoms with E-state index in [0.29, 0.717) is 12.2 Å². The van der Waals surface area contributed by atoms with E-state index >= 15 is 0 Å². The second kappa shape index (κ2) is 8.29. The van der Waals surface area contributed by atoms with E-state index in [1.807, 2.05) is 12.1 Å². The van der Waals surface area contributed by atoms with Gasteiger partial charge in [-0.2, -0.15) is 0 Å². The molecule has 3 nitrogen and oxygen atoms in total. The van der Waals surface area contributed by atoms with Gasteiger partial charge in [-0.3, -0.25) is 9.69 Å². The molecule has 4 aromatic rings. The Kier molecular flexibility index (Phi) is 5.20. The summed E-state index contributed by atoms with van der Waals surface area (Å²) in [5.41, 5.74) is 4.91. The number of H-pyrrole nitrogens is 1. The van der Waals surface area contributed by atoms with Crippen molar-refractivity contribution in [1.29, 1.82) is 0 Å². The van der Waals surface area contributed by atoms with Crippen LogP contribution in [0.5, 0.6) is 0 Å². The van der Waals surface area contributed by atoms with Gasteiger partial charge >= 0.3 is 0 Å². The summed E-state index contributed by atoms with van der Waals surface area (Å²) < 4.78 is 0. The van der Waals surface area contributed by atoms with Crippen LogP contribution in [0.2, 0.25) is 0 Å². The fourth-order valence-corrected chi connectivity index (χ4v) is 4.84. The highest BCUT2D eigenvalue weighted by Gasteiger charge is 2.35. The maximum absolute atomic E-state index is 13.1. The lowest BCUT2D eigenvalue weighted by atomic mass is 9.76. The van der Waals surface area contributed by atoms with E-state index in [2.05, 4.69) is 88.9 Å². The SMILES string of the molecule is O=C1CCN(Cc2c[nH]c3ccccc23)CC1C(c1ccccc1)c1ccccc1. The van der Waals surface area contributed by atoms with Crippen molar-refractivity contribution < 1.29 is 4.79 Å². The number of likely N-dealkylation sites (tertiary alicyclic amines) is 1. The van der Waals surface area contributed by atoms with E-state index in [-0.39, 0.29) is 11.8 Å². The number of carbonyl (C=O) groups is 1. The first kappa shape index (κ1) is 18.8. The average molecular weight is 395 g/mol. The first-order valence-electron chi connectivity index (χ1n) is 10.7. The van der Waals surface area contributed by atoms with E-state index in [4.69, 9.17) is 0 Å². The Morgan fingerprint density at radius 1 is 0.867 bits per heavy atom. The molecule has 0 radical (unpaired) electrons. The molecule has 0 bridgehead atoms. The highest BCUT2D eigenvalue weighted by Crippen LogP contribution is 2.36. The monoisotopic (exact) mass is 394 g/mol. The number of aromatic nitrogens is 1. The summed E-state index contributed by atoms with van der Waals surface area (Å²) in [4.78, 5) is 18.9. The van der Waals surface area contributed by atoms with Gasteiger partial charge < -0.3 is 4.98 Å². The van der Waals surface area contributed by atoms with E-state index < -0.39 is 0 Å². The molecule has 1 fully saturated rings. The van der Waals surface area contributed by atoms with Crippen LogP contribution in [0.1, 0.15) is 29.0 Å². The number of ketones is 1. The number of nitrogens with zero attached hydrogens (tertiary/aromatic N) is 1. The average Bonchev–Trinajstić information content (AvgIpc) is 3.20. The Balaban J connectivity index is 1.45. The molecule has 5 rings (SSSR count). The lowest BCUT2D eigenvalue weighted by Crippen LogP contribution is -2.43. The lowest BCUT2D eigenvalue weighted by molar-refractivity contribution is -0.126. The van der Waals surface area contributed by atoms with Crippen molar-refractivity contribution in [2.75, 3.05) is 13.1 Å². The van der Waals surface area contributed by atoms with Gasteiger partial charge in [-0.25, -0.2) is 0 Å². The van der Waals surface area contributed by atoms with Gasteiger partial charge in [-0.15, -0.1) is 0 Å². The summed E-state index contributed by atoms with van der Waals surface area (Å²) in [5, 5.41) is 1.27. The fraction of sp³-hybridized carbons (Fsp3) is 0.222. The highest BCUT2D eigenvalue weighted by molar-refractivity contribution is 5.84. The van der Waals surface area contributed by atoms with E-state index in [9.17, 15) is 4.79 Å². The molecule has 1 unspecified atom stereocenters. The zero-order chi connectivity index (χ0) is 20.3. The standard InChI is InChI=1S/C27H26N2O/c30-26-15-16-29(18-22-17-28-25-14-8-7-13-23(22)25)19-24(26)27(20-9-3-1-4-10-20)21-11-5-2-6-12-21/h1-14,17,24,27-28H,15-16,18-19H2. The van der Waals surface area contributed by atoms with Crippen molar-refractivity contribution in [3.05, 3.63) is 108 Å². The number of para-hydroxylation sites is 1. The van der Waals surface area contributed by atoms with Gasteiger partial charge in [-0.1, -0.05) is 78.9 Å². The molecule has 1 aliphatic heterocycles. The van der Waals surface area contributed by atoms with Crippen molar-refractivity contribution in [2.24, 2.45) is 5.92 Å². The van der Waals surface area contributed by atoms with Crippen molar-refractivity contribution in [3.63, 3.8) is 0 Å². The molecule has 1 N–H and O–H groups in total. The molecular weight excluding hydrogens is 368 g/mol. The number of nitrogens with one attached hydrogen (secondary N) is 1. The number of rotatable bonds is 5. The number of fused-ring (bicyclic) bond motifs is 1. The number of Topliss-reactive ketones (excluding diaryl/α,β-unsaturated/α-hetero) is 1. The van der Waals surface area contributed by atoms with Gasteiger partial charge in [0.15, 0.2) is 0 Å². The minimum Gasteiger partial charge on any atom is -0.361 e. The van der Waals surface area contributed by atoms with Crippen LogP contribution in [-0.4, -0.2) is 28.8 Å². The number of aromatic amines is 1. The molecule has 30 heavy (non-hydrogen) atoms. The first-order valence-corrected chi connectivity index (χ1v) is 10.7. The Morgan fingerprint density at radius 2 is 1.50 bits per heavy atom. The predicted octanol–water partition coefficient (Wildman–Crippen LogP) is 5.39. The summed E-state index contributed by atoms with van der Waals surface area (Å²) in [5.74, 6) is 0.433. The molecule has 0 amide bonds. The fourth-order valence-electron chi connectivity index (χ4n) is 4.84. The number of carbonyl (C=O) groups excluding carboxylic acids is 1. The number of hydrogen-bond acceptors (Lipinski definition) is 2. The molecule has 3 aromatic carbocycles. The molecule has 0 spiro atoms. The van der Waals surface area contributed by atoms with Crippen LogP contribution in [-0.2, 0) is 11.3 Å². The number of benzene rings is 3. The third-order valence-corrected chi connectivity index (χ3v) is 6.33. The van der Waals surface area contributed by atoms with Gasteiger partial charge in [0.05, 0.1) is 0 Å². The van der Waals surface area contributed by atoms with Crippen LogP contribution >= 0.6 is 0 Å². The molecule has 1 aromatic heterocycles. The molecule has 1 atom stereocenters. The normalized spacial score (nSPS) is 17.6. The van der Waals surface area contributed by atoms with Gasteiger partial charge in [0.2, 0.25) is 0 Å². The second-order valence-electron chi connectivity index (χ2n) is 8.22. The zero-order valence-corrected chi connectivity index (χ0v) is 17.0. The van der Waals surface area contributed by atoms with Crippen molar-refractivity contribution in [3.8, 4) is 0 Å². The zero-order valence-electron chi connectivity index (χ0n) is 17.0. The summed E-state index contributed by atoms with van der Waals surface area (Å²) in [6, 6.07) is 29.4. The minimum absolute atomic E-state index is 0.0336. The predicted molar refractivity (Wildman–Crippen MR) is 121 cm³/mol. The van der Waals surface area contributed by atoms with Crippen LogP contribution in [0, 0.1) is 5.92 Å². The van der Waals surface area contributed by atoms with Gasteiger partial charge in [0.25, 0.3) is 0 Å². The van der Waals surface area contributed by atoms with Crippen LogP contribution in [0.3, 0.4) is 0 Å². The highest BCUT2D eigenvalue weighted by atomic mass is 16.1. The number of hydrogen-bond donors (Lipinski definition) is 1. The van der Waals surface area contributed by atoms with Gasteiger partial charge in [0, 0.05) is 55.0 Å². The Bertz CT molecular complexity index is 1090. The minimum atomic E-state index is -0.0336. The van der Waals surface area contributed by atoms with Gasteiger partial charge in [0.1, 0.15) is 5.78 Å². The molecule has 2 heterocycles. The van der Waals surface area contributed by atoms with Crippen LogP contribution in [0.25, 0.3) is 10.9 Å². The molecule has 1 saturated heterocycles. The van der Waals surface area contributed by atoms with Crippen LogP contribution in [0.4, 0.5) is 0 Å². The maximum Gasteiger partial charge on any atom is 0.139 e. The largest absolute Gasteiger partial charge is 0.361 e. The molecule has 0 saturated carbocycles. The van der Waals surface area contributed by atoms with Crippen LogP contribution < -0.4 is 0 Å². The summed E-state index contributed by atoms with van der Waals surface area (Å²) >= 11 is 0. The third kappa shape index (κ3) is 3.69. The van der Waals surface area contributed by atoms with E-state index in [0.717, 1.165) is 19.6 Å². The van der Waals surface area contributed by atoms with E-state index in [1.54, 1.807) is 0 Å². The topological polar surface area (TPSA) is 36.1 Å². The number of piperidine rings is 1. The second-order valence-corrected chi connectivity index (χ2v) is 8.22. The smallest absolute Gasteiger partial charge is 0.139 e. The molecule has 3 heteroatoms. The molecule has 150 valence electrons. The van der Waals surface area contributed by atoms with Gasteiger partial charge in [-0.05, 0) is 22.8 Å². The Labute approximate surface area is 177 Å². The summed E-state index contributed by atoms with van der Waals surface area (Å²) in [7, 11) is 0. The molecule has 1 aliphatic rings. The summed E-state index contributed by atoms with van der Waals surface area (Å²) in [6.45, 7) is 2.47.